The van der Waals surface area contributed by atoms with E-state index in [1.165, 1.54) is 12.1 Å². The second-order valence-electron chi connectivity index (χ2n) is 5.90. The zero-order valence-corrected chi connectivity index (χ0v) is 14.5. The number of anilines is 2. The fourth-order valence-electron chi connectivity index (χ4n) is 2.06. The van der Waals surface area contributed by atoms with Crippen LogP contribution in [0, 0.1) is 17.6 Å². The molecular weight excluding hydrogens is 350 g/mol. The molecule has 134 valence electrons. The van der Waals surface area contributed by atoms with Crippen molar-refractivity contribution in [2.24, 2.45) is 5.92 Å². The Labute approximate surface area is 145 Å². The number of sulfonamides is 1. The first-order valence-corrected chi connectivity index (χ1v) is 9.03. The van der Waals surface area contributed by atoms with E-state index < -0.39 is 21.7 Å². The van der Waals surface area contributed by atoms with E-state index in [1.807, 2.05) is 13.8 Å². The van der Waals surface area contributed by atoms with Crippen LogP contribution in [0.5, 0.6) is 0 Å². The number of benzene rings is 2. The van der Waals surface area contributed by atoms with Gasteiger partial charge in [-0.2, -0.15) is 0 Å². The van der Waals surface area contributed by atoms with E-state index in [2.05, 4.69) is 10.0 Å². The van der Waals surface area contributed by atoms with E-state index in [1.54, 1.807) is 12.1 Å². The molecule has 0 aliphatic heterocycles. The summed E-state index contributed by atoms with van der Waals surface area (Å²) in [6, 6.07) is 8.34. The van der Waals surface area contributed by atoms with Crippen LogP contribution in [-0.2, 0) is 14.8 Å². The third-order valence-electron chi connectivity index (χ3n) is 3.22. The maximum absolute atomic E-state index is 13.2. The minimum absolute atomic E-state index is 0.134. The Bertz CT molecular complexity index is 866. The van der Waals surface area contributed by atoms with Gasteiger partial charge in [0.2, 0.25) is 5.91 Å². The van der Waals surface area contributed by atoms with Crippen molar-refractivity contribution in [2.45, 2.75) is 25.2 Å². The Balaban J connectivity index is 2.09. The number of rotatable bonds is 6. The molecule has 0 saturated carbocycles. The van der Waals surface area contributed by atoms with Crippen LogP contribution in [-0.4, -0.2) is 14.3 Å². The summed E-state index contributed by atoms with van der Waals surface area (Å²) in [4.78, 5) is 11.3. The summed E-state index contributed by atoms with van der Waals surface area (Å²) >= 11 is 0. The molecule has 0 aliphatic rings. The van der Waals surface area contributed by atoms with Gasteiger partial charge < -0.3 is 5.32 Å². The monoisotopic (exact) mass is 368 g/mol. The van der Waals surface area contributed by atoms with Crippen molar-refractivity contribution >= 4 is 27.3 Å². The van der Waals surface area contributed by atoms with Gasteiger partial charge in [-0.25, -0.2) is 17.2 Å². The molecule has 0 aromatic heterocycles. The molecule has 2 N–H and O–H groups in total. The minimum atomic E-state index is -4.05. The average Bonchev–Trinajstić information content (AvgIpc) is 2.50. The predicted octanol–water partition coefficient (Wildman–Crippen LogP) is 3.75. The van der Waals surface area contributed by atoms with Crippen LogP contribution in [0.2, 0.25) is 0 Å². The summed E-state index contributed by atoms with van der Waals surface area (Å²) in [6.07, 6.45) is 0.379. The first-order valence-electron chi connectivity index (χ1n) is 7.55. The summed E-state index contributed by atoms with van der Waals surface area (Å²) in [6.45, 7) is 3.85. The number of amides is 1. The Morgan fingerprint density at radius 1 is 1.00 bits per heavy atom. The van der Waals surface area contributed by atoms with E-state index in [0.717, 1.165) is 12.1 Å². The molecule has 8 heteroatoms. The summed E-state index contributed by atoms with van der Waals surface area (Å²) < 4.78 is 52.7. The Morgan fingerprint density at radius 2 is 1.60 bits per heavy atom. The predicted molar refractivity (Wildman–Crippen MR) is 91.7 cm³/mol. The molecule has 1 amide bonds. The van der Waals surface area contributed by atoms with Gasteiger partial charge in [-0.1, -0.05) is 13.8 Å². The molecule has 25 heavy (non-hydrogen) atoms. The fraction of sp³-hybridized carbons (Fsp3) is 0.235. The zero-order valence-electron chi connectivity index (χ0n) is 13.7. The number of carbonyl (C=O) groups is 1. The summed E-state index contributed by atoms with van der Waals surface area (Å²) in [5.74, 6) is -2.28. The molecule has 0 fully saturated rings. The van der Waals surface area contributed by atoms with Gasteiger partial charge in [0.05, 0.1) is 4.90 Å². The molecule has 0 radical (unpaired) electrons. The summed E-state index contributed by atoms with van der Waals surface area (Å²) in [7, 11) is -4.05. The molecule has 2 aromatic carbocycles. The standard InChI is InChI=1S/C17H18F2N2O3S/c1-11(2)9-17(22)20-12-3-5-13(6-4-12)21-25(23,24)14-7-8-15(18)16(19)10-14/h3-8,10-11,21H,9H2,1-2H3,(H,20,22). The van der Waals surface area contributed by atoms with E-state index in [-0.39, 0.29) is 22.4 Å². The van der Waals surface area contributed by atoms with Crippen LogP contribution >= 0.6 is 0 Å². The third kappa shape index (κ3) is 5.25. The lowest BCUT2D eigenvalue weighted by atomic mass is 10.1. The highest BCUT2D eigenvalue weighted by Gasteiger charge is 2.16. The Hall–Kier alpha value is -2.48. The van der Waals surface area contributed by atoms with Crippen molar-refractivity contribution in [1.82, 2.24) is 0 Å². The van der Waals surface area contributed by atoms with Gasteiger partial charge in [0.1, 0.15) is 0 Å². The molecule has 0 atom stereocenters. The average molecular weight is 368 g/mol. The molecule has 0 unspecified atom stereocenters. The molecule has 2 aromatic rings. The lowest BCUT2D eigenvalue weighted by Crippen LogP contribution is -2.15. The molecule has 0 bridgehead atoms. The normalized spacial score (nSPS) is 11.4. The van der Waals surface area contributed by atoms with Gasteiger partial charge >= 0.3 is 0 Å². The van der Waals surface area contributed by atoms with Crippen molar-refractivity contribution in [3.05, 3.63) is 54.1 Å². The second-order valence-corrected chi connectivity index (χ2v) is 7.59. The highest BCUT2D eigenvalue weighted by Crippen LogP contribution is 2.20. The molecule has 0 heterocycles. The SMILES string of the molecule is CC(C)CC(=O)Nc1ccc(NS(=O)(=O)c2ccc(F)c(F)c2)cc1. The third-order valence-corrected chi connectivity index (χ3v) is 4.59. The van der Waals surface area contributed by atoms with Crippen LogP contribution in [0.1, 0.15) is 20.3 Å². The number of halogens is 2. The molecular formula is C17H18F2N2O3S. The van der Waals surface area contributed by atoms with Crippen molar-refractivity contribution in [3.8, 4) is 0 Å². The van der Waals surface area contributed by atoms with Crippen molar-refractivity contribution in [1.29, 1.82) is 0 Å². The molecule has 0 saturated heterocycles. The van der Waals surface area contributed by atoms with Gasteiger partial charge in [-0.3, -0.25) is 9.52 Å². The molecule has 0 aliphatic carbocycles. The quantitative estimate of drug-likeness (QED) is 0.815. The highest BCUT2D eigenvalue weighted by atomic mass is 32.2. The largest absolute Gasteiger partial charge is 0.326 e. The smallest absolute Gasteiger partial charge is 0.261 e. The van der Waals surface area contributed by atoms with Gasteiger partial charge in [-0.15, -0.1) is 0 Å². The van der Waals surface area contributed by atoms with Crippen LogP contribution < -0.4 is 10.0 Å². The topological polar surface area (TPSA) is 75.3 Å². The molecule has 0 spiro atoms. The zero-order chi connectivity index (χ0) is 18.6. The van der Waals surface area contributed by atoms with Crippen molar-refractivity contribution in [3.63, 3.8) is 0 Å². The first kappa shape index (κ1) is 18.9. The maximum atomic E-state index is 13.2. The van der Waals surface area contributed by atoms with E-state index in [9.17, 15) is 22.0 Å². The van der Waals surface area contributed by atoms with Crippen LogP contribution in [0.3, 0.4) is 0 Å². The first-order chi connectivity index (χ1) is 11.7. The van der Waals surface area contributed by atoms with Gasteiger partial charge in [-0.05, 0) is 48.4 Å². The number of carbonyl (C=O) groups excluding carboxylic acids is 1. The molecule has 5 nitrogen and oxygen atoms in total. The van der Waals surface area contributed by atoms with E-state index in [4.69, 9.17) is 0 Å². The van der Waals surface area contributed by atoms with E-state index in [0.29, 0.717) is 18.2 Å². The fourth-order valence-corrected chi connectivity index (χ4v) is 3.13. The van der Waals surface area contributed by atoms with Gasteiger partial charge in [0, 0.05) is 17.8 Å². The van der Waals surface area contributed by atoms with E-state index >= 15 is 0 Å². The molecule has 2 rings (SSSR count). The van der Waals surface area contributed by atoms with Gasteiger partial charge in [0.15, 0.2) is 11.6 Å². The highest BCUT2D eigenvalue weighted by molar-refractivity contribution is 7.92. The van der Waals surface area contributed by atoms with Gasteiger partial charge in [0.25, 0.3) is 10.0 Å². The Kier molecular flexibility index (Phi) is 5.73. The lowest BCUT2D eigenvalue weighted by Gasteiger charge is -2.10. The van der Waals surface area contributed by atoms with Crippen molar-refractivity contribution in [2.75, 3.05) is 10.0 Å². The minimum Gasteiger partial charge on any atom is -0.326 e. The van der Waals surface area contributed by atoms with Crippen molar-refractivity contribution < 1.29 is 22.0 Å². The van der Waals surface area contributed by atoms with Crippen LogP contribution in [0.4, 0.5) is 20.2 Å². The van der Waals surface area contributed by atoms with Crippen LogP contribution in [0.15, 0.2) is 47.4 Å². The number of nitrogens with one attached hydrogen (secondary N) is 2. The summed E-state index contributed by atoms with van der Waals surface area (Å²) in [5.41, 5.74) is 0.757. The maximum Gasteiger partial charge on any atom is 0.261 e. The summed E-state index contributed by atoms with van der Waals surface area (Å²) in [5, 5.41) is 2.70. The van der Waals surface area contributed by atoms with Crippen LogP contribution in [0.25, 0.3) is 0 Å². The second kappa shape index (κ2) is 7.60. The Morgan fingerprint density at radius 3 is 2.16 bits per heavy atom. The number of hydrogen-bond acceptors (Lipinski definition) is 3. The lowest BCUT2D eigenvalue weighted by molar-refractivity contribution is -0.116. The number of hydrogen-bond donors (Lipinski definition) is 2.